The molecule has 0 unspecified atom stereocenters. The minimum absolute atomic E-state index is 0.183. The van der Waals surface area contributed by atoms with Crippen LogP contribution in [0.5, 0.6) is 0 Å². The molecule has 1 fully saturated rings. The molecule has 0 aromatic rings. The molecule has 1 saturated carbocycles. The summed E-state index contributed by atoms with van der Waals surface area (Å²) in [6, 6.07) is 0. The van der Waals surface area contributed by atoms with Gasteiger partial charge in [0.05, 0.1) is 0 Å². The van der Waals surface area contributed by atoms with Gasteiger partial charge >= 0.3 is 0 Å². The number of carbonyl (C=O) groups is 1. The summed E-state index contributed by atoms with van der Waals surface area (Å²) in [6.07, 6.45) is 4.77. The van der Waals surface area contributed by atoms with Crippen LogP contribution < -0.4 is 5.73 Å². The van der Waals surface area contributed by atoms with E-state index in [0.717, 1.165) is 32.2 Å². The number of carbonyl (C=O) groups excluding carboxylic acids is 1. The molecule has 104 valence electrons. The van der Waals surface area contributed by atoms with Gasteiger partial charge < -0.3 is 15.8 Å². The molecule has 18 heavy (non-hydrogen) atoms. The molecule has 0 radical (unpaired) electrons. The number of amides is 1. The van der Waals surface area contributed by atoms with Gasteiger partial charge in [0.15, 0.2) is 0 Å². The Balaban J connectivity index is 2.55. The maximum atomic E-state index is 12.4. The molecule has 0 spiro atoms. The fourth-order valence-electron chi connectivity index (χ4n) is 2.46. The maximum Gasteiger partial charge on any atom is 0.225 e. The van der Waals surface area contributed by atoms with Gasteiger partial charge in [0.1, 0.15) is 5.84 Å². The maximum absolute atomic E-state index is 12.4. The highest BCUT2D eigenvalue weighted by molar-refractivity contribution is 5.82. The first-order valence-electron chi connectivity index (χ1n) is 6.79. The lowest BCUT2D eigenvalue weighted by Crippen LogP contribution is -2.39. The lowest BCUT2D eigenvalue weighted by Gasteiger charge is -2.27. The molecule has 5 nitrogen and oxygen atoms in total. The van der Waals surface area contributed by atoms with Crippen molar-refractivity contribution in [2.45, 2.75) is 46.0 Å². The summed E-state index contributed by atoms with van der Waals surface area (Å²) in [4.78, 5) is 14.2. The largest absolute Gasteiger partial charge is 0.409 e. The molecular formula is C13H25N3O2. The van der Waals surface area contributed by atoms with Gasteiger partial charge in [0.2, 0.25) is 5.91 Å². The number of amidine groups is 1. The fourth-order valence-corrected chi connectivity index (χ4v) is 2.46. The van der Waals surface area contributed by atoms with E-state index in [9.17, 15) is 4.79 Å². The second kappa shape index (κ2) is 7.24. The summed E-state index contributed by atoms with van der Waals surface area (Å²) in [5.74, 6) is 1.05. The molecular weight excluding hydrogens is 230 g/mol. The molecule has 0 aliphatic heterocycles. The number of oxime groups is 1. The molecule has 0 heterocycles. The number of nitrogens with zero attached hydrogens (tertiary/aromatic N) is 2. The van der Waals surface area contributed by atoms with Gasteiger partial charge in [-0.25, -0.2) is 0 Å². The van der Waals surface area contributed by atoms with E-state index in [1.165, 1.54) is 0 Å². The Kier molecular flexibility index (Phi) is 5.95. The minimum Gasteiger partial charge on any atom is -0.409 e. The number of hydrogen-bond acceptors (Lipinski definition) is 3. The zero-order valence-electron chi connectivity index (χ0n) is 11.4. The summed E-state index contributed by atoms with van der Waals surface area (Å²) < 4.78 is 0. The topological polar surface area (TPSA) is 78.9 Å². The molecule has 3 N–H and O–H groups in total. The Morgan fingerprint density at radius 2 is 2.06 bits per heavy atom. The van der Waals surface area contributed by atoms with Crippen molar-refractivity contribution in [2.75, 3.05) is 13.1 Å². The average Bonchev–Trinajstić information content (AvgIpc) is 2.86. The van der Waals surface area contributed by atoms with E-state index in [1.54, 1.807) is 0 Å². The van der Waals surface area contributed by atoms with Crippen LogP contribution in [0.4, 0.5) is 0 Å². The van der Waals surface area contributed by atoms with Crippen molar-refractivity contribution in [1.29, 1.82) is 0 Å². The van der Waals surface area contributed by atoms with Crippen LogP contribution in [0.15, 0.2) is 5.16 Å². The van der Waals surface area contributed by atoms with E-state index in [2.05, 4.69) is 19.0 Å². The van der Waals surface area contributed by atoms with E-state index >= 15 is 0 Å². The van der Waals surface area contributed by atoms with Gasteiger partial charge in [0.25, 0.3) is 0 Å². The van der Waals surface area contributed by atoms with E-state index < -0.39 is 0 Å². The van der Waals surface area contributed by atoms with Gasteiger partial charge in [-0.05, 0) is 18.8 Å². The predicted molar refractivity (Wildman–Crippen MR) is 71.4 cm³/mol. The van der Waals surface area contributed by atoms with Crippen molar-refractivity contribution >= 4 is 11.7 Å². The van der Waals surface area contributed by atoms with Crippen molar-refractivity contribution in [1.82, 2.24) is 4.90 Å². The van der Waals surface area contributed by atoms with Crippen molar-refractivity contribution in [3.63, 3.8) is 0 Å². The van der Waals surface area contributed by atoms with E-state index in [1.807, 2.05) is 4.90 Å². The first-order chi connectivity index (χ1) is 8.54. The zero-order valence-corrected chi connectivity index (χ0v) is 11.4. The molecule has 5 heteroatoms. The zero-order chi connectivity index (χ0) is 13.5. The van der Waals surface area contributed by atoms with Crippen LogP contribution in [0.25, 0.3) is 0 Å². The highest BCUT2D eigenvalue weighted by Crippen LogP contribution is 2.26. The Morgan fingerprint density at radius 3 is 2.56 bits per heavy atom. The Bertz CT molecular complexity index is 297. The lowest BCUT2D eigenvalue weighted by atomic mass is 10.1. The highest BCUT2D eigenvalue weighted by atomic mass is 16.4. The van der Waals surface area contributed by atoms with Crippen LogP contribution >= 0.6 is 0 Å². The van der Waals surface area contributed by atoms with Gasteiger partial charge in [-0.1, -0.05) is 31.8 Å². The van der Waals surface area contributed by atoms with Crippen molar-refractivity contribution in [3.8, 4) is 0 Å². The van der Waals surface area contributed by atoms with Crippen LogP contribution in [0.3, 0.4) is 0 Å². The van der Waals surface area contributed by atoms with E-state index in [4.69, 9.17) is 10.9 Å². The number of nitrogens with two attached hydrogens (primary N) is 1. The monoisotopic (exact) mass is 255 g/mol. The second-order valence-corrected chi connectivity index (χ2v) is 5.50. The predicted octanol–water partition coefficient (Wildman–Crippen LogP) is 1.80. The summed E-state index contributed by atoms with van der Waals surface area (Å²) in [5, 5.41) is 11.5. The summed E-state index contributed by atoms with van der Waals surface area (Å²) in [5.41, 5.74) is 5.47. The second-order valence-electron chi connectivity index (χ2n) is 5.50. The molecule has 0 aromatic heterocycles. The van der Waals surface area contributed by atoms with Crippen LogP contribution in [0.2, 0.25) is 0 Å². The summed E-state index contributed by atoms with van der Waals surface area (Å²) in [7, 11) is 0. The summed E-state index contributed by atoms with van der Waals surface area (Å²) in [6.45, 7) is 5.48. The van der Waals surface area contributed by atoms with Gasteiger partial charge in [-0.2, -0.15) is 0 Å². The Morgan fingerprint density at radius 1 is 1.44 bits per heavy atom. The van der Waals surface area contributed by atoms with Crippen LogP contribution in [0, 0.1) is 11.8 Å². The van der Waals surface area contributed by atoms with Gasteiger partial charge in [-0.3, -0.25) is 4.79 Å². The third-order valence-corrected chi connectivity index (χ3v) is 3.37. The smallest absolute Gasteiger partial charge is 0.225 e. The molecule has 1 aliphatic carbocycles. The first-order valence-corrected chi connectivity index (χ1v) is 6.79. The standard InChI is InChI=1S/C13H25N3O2/c1-10(2)9-16(8-7-12(14)15-18)13(17)11-5-3-4-6-11/h10-11,18H,3-9H2,1-2H3,(H2,14,15). The number of rotatable bonds is 6. The first kappa shape index (κ1) is 14.8. The van der Waals surface area contributed by atoms with Crippen molar-refractivity contribution < 1.29 is 10.0 Å². The van der Waals surface area contributed by atoms with Gasteiger partial charge in [0, 0.05) is 25.4 Å². The fraction of sp³-hybridized carbons (Fsp3) is 0.846. The molecule has 0 saturated heterocycles. The van der Waals surface area contributed by atoms with E-state index in [0.29, 0.717) is 18.9 Å². The van der Waals surface area contributed by atoms with E-state index in [-0.39, 0.29) is 17.7 Å². The highest BCUT2D eigenvalue weighted by Gasteiger charge is 2.27. The van der Waals surface area contributed by atoms with Gasteiger partial charge in [-0.15, -0.1) is 0 Å². The van der Waals surface area contributed by atoms with Crippen molar-refractivity contribution in [3.05, 3.63) is 0 Å². The molecule has 0 atom stereocenters. The lowest BCUT2D eigenvalue weighted by molar-refractivity contribution is -0.135. The van der Waals surface area contributed by atoms with Crippen molar-refractivity contribution in [2.24, 2.45) is 22.7 Å². The third kappa shape index (κ3) is 4.55. The Labute approximate surface area is 109 Å². The molecule has 1 amide bonds. The third-order valence-electron chi connectivity index (χ3n) is 3.37. The minimum atomic E-state index is 0.183. The number of hydrogen-bond donors (Lipinski definition) is 2. The molecule has 1 aliphatic rings. The SMILES string of the molecule is CC(C)CN(CCC(N)=NO)C(=O)C1CCCC1. The van der Waals surface area contributed by atoms with Crippen LogP contribution in [-0.2, 0) is 4.79 Å². The Hall–Kier alpha value is -1.26. The normalized spacial score (nSPS) is 17.4. The molecule has 0 aromatic carbocycles. The van der Waals surface area contributed by atoms with Crippen LogP contribution in [0.1, 0.15) is 46.0 Å². The van der Waals surface area contributed by atoms with Crippen LogP contribution in [-0.4, -0.2) is 34.9 Å². The quantitative estimate of drug-likeness (QED) is 0.329. The average molecular weight is 255 g/mol. The molecule has 0 bridgehead atoms. The molecule has 1 rings (SSSR count). The summed E-state index contributed by atoms with van der Waals surface area (Å²) >= 11 is 0.